The first kappa shape index (κ1) is 22.7. The maximum absolute atomic E-state index is 4.99. The largest absolute Gasteiger partial charge is 0.256 e. The third-order valence-corrected chi connectivity index (χ3v) is 8.05. The minimum atomic E-state index is 1.03. The third kappa shape index (κ3) is 3.67. The zero-order valence-corrected chi connectivity index (χ0v) is 21.9. The molecule has 0 N–H and O–H groups in total. The van der Waals surface area contributed by atoms with Crippen molar-refractivity contribution in [2.75, 3.05) is 0 Å². The van der Waals surface area contributed by atoms with Gasteiger partial charge in [-0.25, -0.2) is 0 Å². The van der Waals surface area contributed by atoms with Crippen molar-refractivity contribution in [2.45, 2.75) is 0 Å². The fourth-order valence-electron chi connectivity index (χ4n) is 6.17. The molecule has 1 heteroatoms. The number of aromatic nitrogens is 1. The molecule has 0 saturated carbocycles. The topological polar surface area (TPSA) is 12.9 Å². The molecule has 1 heterocycles. The van der Waals surface area contributed by atoms with Gasteiger partial charge in [-0.1, -0.05) is 121 Å². The second-order valence-electron chi connectivity index (χ2n) is 10.4. The van der Waals surface area contributed by atoms with Crippen molar-refractivity contribution in [1.82, 2.24) is 4.98 Å². The van der Waals surface area contributed by atoms with Gasteiger partial charge in [0.05, 0.1) is 5.52 Å². The molecule has 0 aliphatic carbocycles. The molecular weight excluding hydrogens is 482 g/mol. The van der Waals surface area contributed by atoms with Gasteiger partial charge in [-0.3, -0.25) is 4.98 Å². The van der Waals surface area contributed by atoms with Crippen molar-refractivity contribution in [3.63, 3.8) is 0 Å². The molecule has 0 bridgehead atoms. The Morgan fingerprint density at radius 2 is 0.850 bits per heavy atom. The number of hydrogen-bond donors (Lipinski definition) is 0. The molecule has 0 radical (unpaired) electrons. The SMILES string of the molecule is c1cc(-c2ccc3ccccc3c2)cc(-c2c3ccccc3c(-c3ccc4ccccc4c3)c3ncccc23)c1. The van der Waals surface area contributed by atoms with E-state index in [0.29, 0.717) is 0 Å². The predicted molar refractivity (Wildman–Crippen MR) is 171 cm³/mol. The first-order valence-corrected chi connectivity index (χ1v) is 13.7. The fraction of sp³-hybridized carbons (Fsp3) is 0. The van der Waals surface area contributed by atoms with Gasteiger partial charge in [-0.05, 0) is 84.4 Å². The van der Waals surface area contributed by atoms with E-state index in [-0.39, 0.29) is 0 Å². The first-order chi connectivity index (χ1) is 19.8. The molecular formula is C39H25N. The van der Waals surface area contributed by atoms with Gasteiger partial charge in [0.1, 0.15) is 0 Å². The molecule has 0 aliphatic rings. The van der Waals surface area contributed by atoms with Gasteiger partial charge >= 0.3 is 0 Å². The van der Waals surface area contributed by atoms with Gasteiger partial charge in [0.15, 0.2) is 0 Å². The van der Waals surface area contributed by atoms with E-state index in [4.69, 9.17) is 4.98 Å². The standard InChI is InChI=1S/C39H25N/c1-3-11-28-23-31(20-18-26(28)9-1)30-13-7-14-32(25-30)37-34-15-5-6-16-35(34)38(39-36(37)17-8-22-40-39)33-21-19-27-10-2-4-12-29(27)24-33/h1-25H. The molecule has 0 atom stereocenters. The summed E-state index contributed by atoms with van der Waals surface area (Å²) in [5.41, 5.74) is 8.27. The Morgan fingerprint density at radius 1 is 0.325 bits per heavy atom. The zero-order chi connectivity index (χ0) is 26.5. The molecule has 8 rings (SSSR count). The number of benzene rings is 7. The molecule has 1 nitrogen and oxygen atoms in total. The first-order valence-electron chi connectivity index (χ1n) is 13.7. The zero-order valence-electron chi connectivity index (χ0n) is 21.9. The Morgan fingerprint density at radius 3 is 1.60 bits per heavy atom. The van der Waals surface area contributed by atoms with E-state index in [1.165, 1.54) is 71.1 Å². The Kier molecular flexibility index (Phi) is 5.21. The monoisotopic (exact) mass is 507 g/mol. The Bertz CT molecular complexity index is 2170. The highest BCUT2D eigenvalue weighted by atomic mass is 14.7. The summed E-state index contributed by atoms with van der Waals surface area (Å²) in [6.07, 6.45) is 1.91. The van der Waals surface area contributed by atoms with E-state index >= 15 is 0 Å². The highest BCUT2D eigenvalue weighted by molar-refractivity contribution is 6.20. The van der Waals surface area contributed by atoms with Crippen molar-refractivity contribution in [3.05, 3.63) is 152 Å². The van der Waals surface area contributed by atoms with Crippen LogP contribution >= 0.6 is 0 Å². The van der Waals surface area contributed by atoms with Gasteiger partial charge in [0.2, 0.25) is 0 Å². The van der Waals surface area contributed by atoms with Crippen molar-refractivity contribution in [2.24, 2.45) is 0 Å². The van der Waals surface area contributed by atoms with Gasteiger partial charge < -0.3 is 0 Å². The number of fused-ring (bicyclic) bond motifs is 4. The summed E-state index contributed by atoms with van der Waals surface area (Å²) >= 11 is 0. The van der Waals surface area contributed by atoms with E-state index in [9.17, 15) is 0 Å². The number of nitrogens with zero attached hydrogens (tertiary/aromatic N) is 1. The van der Waals surface area contributed by atoms with Crippen molar-refractivity contribution in [1.29, 1.82) is 0 Å². The fourth-order valence-corrected chi connectivity index (χ4v) is 6.17. The molecule has 7 aromatic carbocycles. The van der Waals surface area contributed by atoms with E-state index in [1.807, 2.05) is 6.20 Å². The Hall–Kier alpha value is -5.27. The van der Waals surface area contributed by atoms with E-state index in [2.05, 4.69) is 146 Å². The van der Waals surface area contributed by atoms with Gasteiger partial charge in [-0.15, -0.1) is 0 Å². The van der Waals surface area contributed by atoms with E-state index < -0.39 is 0 Å². The van der Waals surface area contributed by atoms with Gasteiger partial charge in [0, 0.05) is 17.1 Å². The molecule has 8 aromatic rings. The normalized spacial score (nSPS) is 11.5. The average molecular weight is 508 g/mol. The molecule has 0 aliphatic heterocycles. The molecule has 186 valence electrons. The van der Waals surface area contributed by atoms with Crippen molar-refractivity contribution >= 4 is 43.2 Å². The Labute approximate surface area is 233 Å². The summed E-state index contributed by atoms with van der Waals surface area (Å²) in [5, 5.41) is 8.62. The second kappa shape index (κ2) is 9.18. The van der Waals surface area contributed by atoms with Crippen molar-refractivity contribution in [3.8, 4) is 33.4 Å². The average Bonchev–Trinajstić information content (AvgIpc) is 3.03. The van der Waals surface area contributed by atoms with Crippen LogP contribution in [0.1, 0.15) is 0 Å². The van der Waals surface area contributed by atoms with E-state index in [0.717, 1.165) is 5.52 Å². The van der Waals surface area contributed by atoms with Crippen LogP contribution in [0.25, 0.3) is 76.6 Å². The second-order valence-corrected chi connectivity index (χ2v) is 10.4. The van der Waals surface area contributed by atoms with Crippen LogP contribution in [0.2, 0.25) is 0 Å². The smallest absolute Gasteiger partial charge is 0.0792 e. The molecule has 0 saturated heterocycles. The lowest BCUT2D eigenvalue weighted by molar-refractivity contribution is 1.42. The molecule has 0 fully saturated rings. The molecule has 40 heavy (non-hydrogen) atoms. The van der Waals surface area contributed by atoms with Crippen LogP contribution < -0.4 is 0 Å². The summed E-state index contributed by atoms with van der Waals surface area (Å²) in [4.78, 5) is 4.99. The van der Waals surface area contributed by atoms with Crippen LogP contribution in [0.4, 0.5) is 0 Å². The maximum atomic E-state index is 4.99. The number of hydrogen-bond acceptors (Lipinski definition) is 1. The minimum absolute atomic E-state index is 1.03. The van der Waals surface area contributed by atoms with E-state index in [1.54, 1.807) is 0 Å². The Balaban J connectivity index is 1.39. The lowest BCUT2D eigenvalue weighted by Crippen LogP contribution is -1.93. The summed E-state index contributed by atoms with van der Waals surface area (Å²) < 4.78 is 0. The summed E-state index contributed by atoms with van der Waals surface area (Å²) in [6.45, 7) is 0. The number of pyridine rings is 1. The lowest BCUT2D eigenvalue weighted by atomic mass is 9.87. The lowest BCUT2D eigenvalue weighted by Gasteiger charge is -2.17. The van der Waals surface area contributed by atoms with Gasteiger partial charge in [-0.2, -0.15) is 0 Å². The molecule has 0 amide bonds. The van der Waals surface area contributed by atoms with Crippen LogP contribution in [-0.4, -0.2) is 4.98 Å². The highest BCUT2D eigenvalue weighted by Crippen LogP contribution is 2.43. The minimum Gasteiger partial charge on any atom is -0.256 e. The highest BCUT2D eigenvalue weighted by Gasteiger charge is 2.18. The predicted octanol–water partition coefficient (Wildman–Crippen LogP) is 10.7. The maximum Gasteiger partial charge on any atom is 0.0792 e. The van der Waals surface area contributed by atoms with Crippen LogP contribution in [-0.2, 0) is 0 Å². The molecule has 0 spiro atoms. The van der Waals surface area contributed by atoms with Crippen molar-refractivity contribution < 1.29 is 0 Å². The van der Waals surface area contributed by atoms with Crippen LogP contribution in [0.15, 0.2) is 152 Å². The quantitative estimate of drug-likeness (QED) is 0.217. The third-order valence-electron chi connectivity index (χ3n) is 8.05. The summed E-state index contributed by atoms with van der Waals surface area (Å²) in [5.74, 6) is 0. The van der Waals surface area contributed by atoms with Gasteiger partial charge in [0.25, 0.3) is 0 Å². The van der Waals surface area contributed by atoms with Crippen LogP contribution in [0, 0.1) is 0 Å². The number of rotatable bonds is 3. The summed E-state index contributed by atoms with van der Waals surface area (Å²) in [6, 6.07) is 52.5. The molecule has 0 unspecified atom stereocenters. The summed E-state index contributed by atoms with van der Waals surface area (Å²) in [7, 11) is 0. The van der Waals surface area contributed by atoms with Crippen LogP contribution in [0.5, 0.6) is 0 Å². The van der Waals surface area contributed by atoms with Crippen LogP contribution in [0.3, 0.4) is 0 Å². The molecule has 1 aromatic heterocycles.